The van der Waals surface area contributed by atoms with E-state index in [0.29, 0.717) is 11.5 Å². The van der Waals surface area contributed by atoms with Crippen molar-refractivity contribution in [3.05, 3.63) is 35.1 Å². The van der Waals surface area contributed by atoms with Gasteiger partial charge in [0.15, 0.2) is 0 Å². The summed E-state index contributed by atoms with van der Waals surface area (Å²) in [7, 11) is 0. The molecule has 108 valence electrons. The zero-order valence-corrected chi connectivity index (χ0v) is 12.0. The molecule has 1 aliphatic heterocycles. The Balaban J connectivity index is 2.00. The fraction of sp³-hybridized carbons (Fsp3) is 0.562. The Labute approximate surface area is 120 Å². The maximum atomic E-state index is 13.2. The summed E-state index contributed by atoms with van der Waals surface area (Å²) in [6.45, 7) is 7.02. The summed E-state index contributed by atoms with van der Waals surface area (Å²) < 4.78 is 13.2. The summed E-state index contributed by atoms with van der Waals surface area (Å²) >= 11 is 0. The molecule has 1 aliphatic rings. The molecule has 2 rings (SSSR count). The molecule has 1 unspecified atom stereocenters. The van der Waals surface area contributed by atoms with Crippen LogP contribution in [0, 0.1) is 23.1 Å². The second kappa shape index (κ2) is 7.37. The topological polar surface area (TPSA) is 39.1 Å². The van der Waals surface area contributed by atoms with Crippen LogP contribution in [-0.4, -0.2) is 31.1 Å². The molecule has 0 spiro atoms. The molecular formula is C16H22FN3. The number of halogens is 1. The molecule has 0 bridgehead atoms. The lowest BCUT2D eigenvalue weighted by Crippen LogP contribution is -2.38. The predicted octanol–water partition coefficient (Wildman–Crippen LogP) is 2.52. The molecule has 1 N–H and O–H groups in total. The lowest BCUT2D eigenvalue weighted by Gasteiger charge is -2.29. The monoisotopic (exact) mass is 275 g/mol. The van der Waals surface area contributed by atoms with E-state index in [9.17, 15) is 4.39 Å². The van der Waals surface area contributed by atoms with Crippen molar-refractivity contribution in [2.75, 3.05) is 26.2 Å². The molecule has 0 amide bonds. The highest BCUT2D eigenvalue weighted by Gasteiger charge is 2.17. The maximum Gasteiger partial charge on any atom is 0.124 e. The highest BCUT2D eigenvalue weighted by molar-refractivity contribution is 5.37. The third-order valence-electron chi connectivity index (χ3n) is 3.95. The number of nitrogens with zero attached hydrogens (tertiary/aromatic N) is 2. The quantitative estimate of drug-likeness (QED) is 0.897. The van der Waals surface area contributed by atoms with Gasteiger partial charge in [-0.3, -0.25) is 4.90 Å². The minimum atomic E-state index is -0.343. The van der Waals surface area contributed by atoms with E-state index in [1.54, 1.807) is 6.07 Å². The first-order valence-electron chi connectivity index (χ1n) is 7.34. The van der Waals surface area contributed by atoms with E-state index >= 15 is 0 Å². The van der Waals surface area contributed by atoms with Crippen LogP contribution in [-0.2, 0) is 6.54 Å². The van der Waals surface area contributed by atoms with Gasteiger partial charge in [0.1, 0.15) is 5.82 Å². The van der Waals surface area contributed by atoms with Crippen molar-refractivity contribution in [1.29, 1.82) is 5.26 Å². The predicted molar refractivity (Wildman–Crippen MR) is 77.7 cm³/mol. The van der Waals surface area contributed by atoms with Crippen LogP contribution in [0.2, 0.25) is 0 Å². The van der Waals surface area contributed by atoms with Gasteiger partial charge in [-0.2, -0.15) is 5.26 Å². The Hall–Kier alpha value is -1.44. The van der Waals surface area contributed by atoms with Crippen LogP contribution in [0.25, 0.3) is 0 Å². The highest BCUT2D eigenvalue weighted by atomic mass is 19.1. The van der Waals surface area contributed by atoms with Crippen molar-refractivity contribution in [3.8, 4) is 6.07 Å². The van der Waals surface area contributed by atoms with Crippen molar-refractivity contribution in [1.82, 2.24) is 10.2 Å². The van der Waals surface area contributed by atoms with Crippen molar-refractivity contribution in [2.45, 2.75) is 26.3 Å². The second-order valence-corrected chi connectivity index (χ2v) is 5.45. The van der Waals surface area contributed by atoms with E-state index < -0.39 is 0 Å². The summed E-state index contributed by atoms with van der Waals surface area (Å²) in [4.78, 5) is 2.34. The molecule has 1 atom stereocenters. The fourth-order valence-corrected chi connectivity index (χ4v) is 2.78. The SMILES string of the molecule is CCN(Cc1ccc(F)cc1C#N)CC1CCCNC1. The first-order chi connectivity index (χ1) is 9.72. The Morgan fingerprint density at radius 3 is 3.00 bits per heavy atom. The smallest absolute Gasteiger partial charge is 0.124 e. The van der Waals surface area contributed by atoms with Crippen LogP contribution in [0.3, 0.4) is 0 Å². The summed E-state index contributed by atoms with van der Waals surface area (Å²) in [6.07, 6.45) is 2.50. The Kier molecular flexibility index (Phi) is 5.51. The molecule has 1 aromatic rings. The molecule has 1 aromatic carbocycles. The molecule has 0 radical (unpaired) electrons. The van der Waals surface area contributed by atoms with Gasteiger partial charge >= 0.3 is 0 Å². The van der Waals surface area contributed by atoms with Gasteiger partial charge in [0.2, 0.25) is 0 Å². The second-order valence-electron chi connectivity index (χ2n) is 5.45. The summed E-state index contributed by atoms with van der Waals surface area (Å²) in [5.74, 6) is 0.333. The van der Waals surface area contributed by atoms with Gasteiger partial charge in [0, 0.05) is 13.1 Å². The molecule has 0 aliphatic carbocycles. The van der Waals surface area contributed by atoms with Gasteiger partial charge in [0.25, 0.3) is 0 Å². The van der Waals surface area contributed by atoms with Gasteiger partial charge in [-0.05, 0) is 56.1 Å². The van der Waals surface area contributed by atoms with Crippen molar-refractivity contribution < 1.29 is 4.39 Å². The van der Waals surface area contributed by atoms with E-state index in [2.05, 4.69) is 23.2 Å². The standard InChI is InChI=1S/C16H22FN3/c1-2-20(11-13-4-3-7-19-10-13)12-14-5-6-16(17)8-15(14)9-18/h5-6,8,13,19H,2-4,7,10-12H2,1H3. The molecule has 1 heterocycles. The number of piperidine rings is 1. The van der Waals surface area contributed by atoms with Gasteiger partial charge in [0.05, 0.1) is 11.6 Å². The lowest BCUT2D eigenvalue weighted by molar-refractivity contribution is 0.209. The molecule has 4 heteroatoms. The minimum Gasteiger partial charge on any atom is -0.316 e. The van der Waals surface area contributed by atoms with Crippen LogP contribution in [0.15, 0.2) is 18.2 Å². The average molecular weight is 275 g/mol. The van der Waals surface area contributed by atoms with Gasteiger partial charge < -0.3 is 5.32 Å². The maximum absolute atomic E-state index is 13.2. The van der Waals surface area contributed by atoms with Crippen molar-refractivity contribution in [3.63, 3.8) is 0 Å². The van der Waals surface area contributed by atoms with E-state index in [0.717, 1.165) is 38.3 Å². The highest BCUT2D eigenvalue weighted by Crippen LogP contribution is 2.16. The summed E-state index contributed by atoms with van der Waals surface area (Å²) in [5.41, 5.74) is 1.37. The average Bonchev–Trinajstić information content (AvgIpc) is 2.49. The van der Waals surface area contributed by atoms with Crippen molar-refractivity contribution >= 4 is 0 Å². The third kappa shape index (κ3) is 4.03. The molecule has 0 saturated carbocycles. The zero-order chi connectivity index (χ0) is 14.4. The van der Waals surface area contributed by atoms with E-state index in [1.165, 1.54) is 25.0 Å². The molecule has 0 aromatic heterocycles. The fourth-order valence-electron chi connectivity index (χ4n) is 2.78. The summed E-state index contributed by atoms with van der Waals surface area (Å²) in [6, 6.07) is 6.58. The van der Waals surface area contributed by atoms with Crippen LogP contribution >= 0.6 is 0 Å². The number of hydrogen-bond donors (Lipinski definition) is 1. The summed E-state index contributed by atoms with van der Waals surface area (Å²) in [5, 5.41) is 12.5. The molecule has 20 heavy (non-hydrogen) atoms. The molecule has 1 fully saturated rings. The Bertz CT molecular complexity index is 475. The van der Waals surface area contributed by atoms with Crippen molar-refractivity contribution in [2.24, 2.45) is 5.92 Å². The number of nitrogens with one attached hydrogen (secondary N) is 1. The minimum absolute atomic E-state index is 0.343. The third-order valence-corrected chi connectivity index (χ3v) is 3.95. The normalized spacial score (nSPS) is 19.0. The van der Waals surface area contributed by atoms with E-state index in [4.69, 9.17) is 5.26 Å². The molecule has 3 nitrogen and oxygen atoms in total. The Morgan fingerprint density at radius 2 is 2.35 bits per heavy atom. The van der Waals surface area contributed by atoms with Gasteiger partial charge in [-0.25, -0.2) is 4.39 Å². The van der Waals surface area contributed by atoms with Gasteiger partial charge in [-0.15, -0.1) is 0 Å². The van der Waals surface area contributed by atoms with Crippen LogP contribution in [0.5, 0.6) is 0 Å². The molecular weight excluding hydrogens is 253 g/mol. The van der Waals surface area contributed by atoms with Crippen LogP contribution in [0.4, 0.5) is 4.39 Å². The van der Waals surface area contributed by atoms with E-state index in [1.807, 2.05) is 0 Å². The number of hydrogen-bond acceptors (Lipinski definition) is 3. The number of nitriles is 1. The Morgan fingerprint density at radius 1 is 1.50 bits per heavy atom. The molecule has 1 saturated heterocycles. The zero-order valence-electron chi connectivity index (χ0n) is 12.0. The largest absolute Gasteiger partial charge is 0.316 e. The van der Waals surface area contributed by atoms with Gasteiger partial charge in [-0.1, -0.05) is 13.0 Å². The first kappa shape index (κ1) is 15.0. The number of benzene rings is 1. The van der Waals surface area contributed by atoms with Crippen LogP contribution in [0.1, 0.15) is 30.9 Å². The first-order valence-corrected chi connectivity index (χ1v) is 7.34. The van der Waals surface area contributed by atoms with Crippen LogP contribution < -0.4 is 5.32 Å². The van der Waals surface area contributed by atoms with E-state index in [-0.39, 0.29) is 5.82 Å². The lowest BCUT2D eigenvalue weighted by atomic mass is 9.98. The number of rotatable bonds is 5.